The highest BCUT2D eigenvalue weighted by atomic mass is 16.5. The summed E-state index contributed by atoms with van der Waals surface area (Å²) in [4.78, 5) is 23.5. The quantitative estimate of drug-likeness (QED) is 0.766. The van der Waals surface area contributed by atoms with Crippen molar-refractivity contribution in [2.75, 3.05) is 17.2 Å². The second-order valence-electron chi connectivity index (χ2n) is 5.03. The molecule has 1 aromatic rings. The van der Waals surface area contributed by atoms with Crippen molar-refractivity contribution in [1.82, 2.24) is 0 Å². The van der Waals surface area contributed by atoms with Gasteiger partial charge >= 0.3 is 0 Å². The molecule has 4 N–H and O–H groups in total. The second-order valence-corrected chi connectivity index (χ2v) is 5.03. The van der Waals surface area contributed by atoms with E-state index < -0.39 is 6.10 Å². The molecule has 2 atom stereocenters. The van der Waals surface area contributed by atoms with Gasteiger partial charge in [0, 0.05) is 24.3 Å². The minimum absolute atomic E-state index is 0.0315. The summed E-state index contributed by atoms with van der Waals surface area (Å²) in [6.45, 7) is 2.22. The molecule has 0 aromatic heterocycles. The van der Waals surface area contributed by atoms with Gasteiger partial charge in [-0.05, 0) is 31.0 Å². The molecule has 2 rings (SSSR count). The lowest BCUT2D eigenvalue weighted by molar-refractivity contribution is -0.126. The lowest BCUT2D eigenvalue weighted by Crippen LogP contribution is -2.29. The van der Waals surface area contributed by atoms with Crippen LogP contribution >= 0.6 is 0 Å². The van der Waals surface area contributed by atoms with Gasteiger partial charge in [0.15, 0.2) is 0 Å². The van der Waals surface area contributed by atoms with Crippen molar-refractivity contribution in [2.24, 2.45) is 5.73 Å². The van der Waals surface area contributed by atoms with E-state index in [1.165, 1.54) is 0 Å². The third-order valence-electron chi connectivity index (χ3n) is 3.40. The SMILES string of the molecule is CCC(=O)Nc1cccc(NC(=O)C2CCC(CN)O2)c1. The fraction of sp³-hybridized carbons (Fsp3) is 0.467. The summed E-state index contributed by atoms with van der Waals surface area (Å²) in [6, 6.07) is 7.05. The maximum atomic E-state index is 12.1. The normalized spacial score (nSPS) is 21.0. The predicted octanol–water partition coefficient (Wildman–Crippen LogP) is 1.48. The Kier molecular flexibility index (Phi) is 5.30. The smallest absolute Gasteiger partial charge is 0.253 e. The average molecular weight is 291 g/mol. The Morgan fingerprint density at radius 2 is 2.00 bits per heavy atom. The van der Waals surface area contributed by atoms with Gasteiger partial charge in [0.25, 0.3) is 5.91 Å². The van der Waals surface area contributed by atoms with E-state index in [-0.39, 0.29) is 17.9 Å². The maximum absolute atomic E-state index is 12.1. The molecule has 2 amide bonds. The largest absolute Gasteiger partial charge is 0.364 e. The molecule has 0 saturated carbocycles. The van der Waals surface area contributed by atoms with Crippen LogP contribution in [-0.2, 0) is 14.3 Å². The van der Waals surface area contributed by atoms with Crippen molar-refractivity contribution in [1.29, 1.82) is 0 Å². The van der Waals surface area contributed by atoms with Gasteiger partial charge in [0.05, 0.1) is 6.10 Å². The van der Waals surface area contributed by atoms with E-state index in [4.69, 9.17) is 10.5 Å². The molecule has 1 aromatic carbocycles. The molecule has 6 heteroatoms. The Bertz CT molecular complexity index is 519. The summed E-state index contributed by atoms with van der Waals surface area (Å²) in [5.41, 5.74) is 6.82. The summed E-state index contributed by atoms with van der Waals surface area (Å²) >= 11 is 0. The first-order chi connectivity index (χ1) is 10.1. The Balaban J connectivity index is 1.95. The first-order valence-electron chi connectivity index (χ1n) is 7.18. The van der Waals surface area contributed by atoms with Crippen molar-refractivity contribution >= 4 is 23.2 Å². The zero-order valence-electron chi connectivity index (χ0n) is 12.1. The highest BCUT2D eigenvalue weighted by Crippen LogP contribution is 2.21. The maximum Gasteiger partial charge on any atom is 0.253 e. The lowest BCUT2D eigenvalue weighted by Gasteiger charge is -2.13. The van der Waals surface area contributed by atoms with Gasteiger partial charge in [0.2, 0.25) is 5.91 Å². The number of hydrogen-bond acceptors (Lipinski definition) is 4. The van der Waals surface area contributed by atoms with Crippen LogP contribution in [-0.4, -0.2) is 30.6 Å². The van der Waals surface area contributed by atoms with Crippen LogP contribution in [0.2, 0.25) is 0 Å². The third kappa shape index (κ3) is 4.27. The predicted molar refractivity (Wildman–Crippen MR) is 80.9 cm³/mol. The molecular formula is C15H21N3O3. The number of carbonyl (C=O) groups excluding carboxylic acids is 2. The Hall–Kier alpha value is -1.92. The van der Waals surface area contributed by atoms with E-state index in [1.54, 1.807) is 31.2 Å². The van der Waals surface area contributed by atoms with Crippen LogP contribution in [0.15, 0.2) is 24.3 Å². The fourth-order valence-electron chi connectivity index (χ4n) is 2.22. The van der Waals surface area contributed by atoms with Crippen LogP contribution in [0, 0.1) is 0 Å². The highest BCUT2D eigenvalue weighted by molar-refractivity contribution is 5.96. The first-order valence-corrected chi connectivity index (χ1v) is 7.18. The summed E-state index contributed by atoms with van der Waals surface area (Å²) in [5, 5.41) is 5.56. The van der Waals surface area contributed by atoms with Gasteiger partial charge in [-0.3, -0.25) is 9.59 Å². The van der Waals surface area contributed by atoms with Crippen LogP contribution in [0.4, 0.5) is 11.4 Å². The van der Waals surface area contributed by atoms with Crippen LogP contribution in [0.1, 0.15) is 26.2 Å². The van der Waals surface area contributed by atoms with Gasteiger partial charge in [-0.1, -0.05) is 13.0 Å². The van der Waals surface area contributed by atoms with E-state index in [0.29, 0.717) is 30.8 Å². The minimum atomic E-state index is -0.451. The van der Waals surface area contributed by atoms with Gasteiger partial charge < -0.3 is 21.1 Å². The van der Waals surface area contributed by atoms with Gasteiger partial charge in [-0.2, -0.15) is 0 Å². The van der Waals surface area contributed by atoms with Gasteiger partial charge in [0.1, 0.15) is 6.10 Å². The van der Waals surface area contributed by atoms with Crippen molar-refractivity contribution < 1.29 is 14.3 Å². The summed E-state index contributed by atoms with van der Waals surface area (Å²) in [5.74, 6) is -0.242. The van der Waals surface area contributed by atoms with Crippen molar-refractivity contribution in [3.63, 3.8) is 0 Å². The summed E-state index contributed by atoms with van der Waals surface area (Å²) in [6.07, 6.45) is 1.41. The van der Waals surface area contributed by atoms with Crippen LogP contribution < -0.4 is 16.4 Å². The Morgan fingerprint density at radius 1 is 1.29 bits per heavy atom. The monoisotopic (exact) mass is 291 g/mol. The zero-order valence-corrected chi connectivity index (χ0v) is 12.1. The highest BCUT2D eigenvalue weighted by Gasteiger charge is 2.29. The zero-order chi connectivity index (χ0) is 15.2. The Morgan fingerprint density at radius 3 is 2.62 bits per heavy atom. The standard InChI is InChI=1S/C15H21N3O3/c1-2-14(19)17-10-4-3-5-11(8-10)18-15(20)13-7-6-12(9-16)21-13/h3-5,8,12-13H,2,6-7,9,16H2,1H3,(H,17,19)(H,18,20). The molecule has 1 heterocycles. The van der Waals surface area contributed by atoms with Crippen LogP contribution in [0.3, 0.4) is 0 Å². The number of benzene rings is 1. The molecule has 1 aliphatic heterocycles. The van der Waals surface area contributed by atoms with Gasteiger partial charge in [-0.15, -0.1) is 0 Å². The van der Waals surface area contributed by atoms with E-state index >= 15 is 0 Å². The van der Waals surface area contributed by atoms with Gasteiger partial charge in [-0.25, -0.2) is 0 Å². The number of nitrogens with one attached hydrogen (secondary N) is 2. The summed E-state index contributed by atoms with van der Waals surface area (Å²) in [7, 11) is 0. The summed E-state index contributed by atoms with van der Waals surface area (Å²) < 4.78 is 5.55. The van der Waals surface area contributed by atoms with Crippen LogP contribution in [0.5, 0.6) is 0 Å². The molecule has 6 nitrogen and oxygen atoms in total. The number of nitrogens with two attached hydrogens (primary N) is 1. The average Bonchev–Trinajstić information content (AvgIpc) is 2.96. The topological polar surface area (TPSA) is 93.5 Å². The van der Waals surface area contributed by atoms with E-state index in [1.807, 2.05) is 0 Å². The number of ether oxygens (including phenoxy) is 1. The molecule has 0 radical (unpaired) electrons. The molecule has 0 spiro atoms. The molecule has 0 aliphatic carbocycles. The fourth-order valence-corrected chi connectivity index (χ4v) is 2.22. The minimum Gasteiger partial charge on any atom is -0.364 e. The molecular weight excluding hydrogens is 270 g/mol. The van der Waals surface area contributed by atoms with E-state index in [0.717, 1.165) is 6.42 Å². The number of hydrogen-bond donors (Lipinski definition) is 3. The molecule has 1 aliphatic rings. The van der Waals surface area contributed by atoms with Crippen molar-refractivity contribution in [3.8, 4) is 0 Å². The van der Waals surface area contributed by atoms with Crippen molar-refractivity contribution in [3.05, 3.63) is 24.3 Å². The van der Waals surface area contributed by atoms with E-state index in [9.17, 15) is 9.59 Å². The second kappa shape index (κ2) is 7.19. The third-order valence-corrected chi connectivity index (χ3v) is 3.40. The molecule has 1 fully saturated rings. The van der Waals surface area contributed by atoms with E-state index in [2.05, 4.69) is 10.6 Å². The number of rotatable bonds is 5. The molecule has 114 valence electrons. The lowest BCUT2D eigenvalue weighted by atomic mass is 10.2. The molecule has 0 bridgehead atoms. The molecule has 1 saturated heterocycles. The van der Waals surface area contributed by atoms with Crippen molar-refractivity contribution in [2.45, 2.75) is 38.4 Å². The number of amides is 2. The first kappa shape index (κ1) is 15.5. The number of anilines is 2. The number of carbonyl (C=O) groups is 2. The molecule has 2 unspecified atom stereocenters. The molecule has 21 heavy (non-hydrogen) atoms. The van der Waals surface area contributed by atoms with Crippen LogP contribution in [0.25, 0.3) is 0 Å². The Labute approximate surface area is 124 Å².